The van der Waals surface area contributed by atoms with Gasteiger partial charge < -0.3 is 9.47 Å². The second-order valence-electron chi connectivity index (χ2n) is 5.23. The molecule has 0 aliphatic carbocycles. The summed E-state index contributed by atoms with van der Waals surface area (Å²) in [5, 5.41) is 3.92. The molecule has 0 N–H and O–H groups in total. The maximum Gasteiger partial charge on any atom is 0.416 e. The lowest BCUT2D eigenvalue weighted by Gasteiger charge is -2.11. The van der Waals surface area contributed by atoms with Crippen LogP contribution < -0.4 is 9.47 Å². The predicted molar refractivity (Wildman–Crippen MR) is 96.2 cm³/mol. The van der Waals surface area contributed by atoms with Crippen molar-refractivity contribution in [2.75, 3.05) is 6.26 Å². The topological polar surface area (TPSA) is 31.4 Å². The largest absolute Gasteiger partial charge is 0.473 e. The van der Waals surface area contributed by atoms with Crippen LogP contribution in [0, 0.1) is 0 Å². The summed E-state index contributed by atoms with van der Waals surface area (Å²) in [4.78, 5) is 5.07. The van der Waals surface area contributed by atoms with Gasteiger partial charge in [-0.2, -0.15) is 29.5 Å². The lowest BCUT2D eigenvalue weighted by Crippen LogP contribution is -2.04. The summed E-state index contributed by atoms with van der Waals surface area (Å²) in [5.41, 5.74) is 0.247. The number of thiophene rings is 1. The molecule has 2 aromatic heterocycles. The molecule has 0 saturated heterocycles. The Morgan fingerprint density at radius 3 is 2.62 bits per heavy atom. The predicted octanol–water partition coefficient (Wildman–Crippen LogP) is 6.26. The number of hydrogen-bond acceptors (Lipinski definition) is 5. The third-order valence-corrected chi connectivity index (χ3v) is 4.78. The molecular weight excluding hydrogens is 383 g/mol. The SMILES string of the molecule is CSc1cc(OCc2ccsc2)nc(Oc2cccc(C(F)(F)F)c2)c1. The van der Waals surface area contributed by atoms with Gasteiger partial charge in [0.15, 0.2) is 0 Å². The van der Waals surface area contributed by atoms with E-state index in [4.69, 9.17) is 9.47 Å². The van der Waals surface area contributed by atoms with Crippen LogP contribution in [0.2, 0.25) is 0 Å². The molecular formula is C18H14F3NO2S2. The average molecular weight is 397 g/mol. The molecule has 0 amide bonds. The minimum atomic E-state index is -4.43. The van der Waals surface area contributed by atoms with E-state index in [0.717, 1.165) is 22.6 Å². The lowest BCUT2D eigenvalue weighted by atomic mass is 10.2. The molecule has 3 rings (SSSR count). The van der Waals surface area contributed by atoms with Gasteiger partial charge >= 0.3 is 6.18 Å². The molecule has 3 aromatic rings. The number of ether oxygens (including phenoxy) is 2. The van der Waals surface area contributed by atoms with Crippen molar-refractivity contribution in [3.63, 3.8) is 0 Å². The van der Waals surface area contributed by atoms with Crippen LogP contribution in [0.25, 0.3) is 0 Å². The van der Waals surface area contributed by atoms with Crippen molar-refractivity contribution in [3.8, 4) is 17.5 Å². The second-order valence-corrected chi connectivity index (χ2v) is 6.89. The number of nitrogens with zero attached hydrogens (tertiary/aromatic N) is 1. The van der Waals surface area contributed by atoms with Crippen LogP contribution in [0.1, 0.15) is 11.1 Å². The summed E-state index contributed by atoms with van der Waals surface area (Å²) < 4.78 is 49.7. The van der Waals surface area contributed by atoms with E-state index < -0.39 is 11.7 Å². The Morgan fingerprint density at radius 2 is 1.92 bits per heavy atom. The summed E-state index contributed by atoms with van der Waals surface area (Å²) >= 11 is 3.03. The van der Waals surface area contributed by atoms with E-state index in [2.05, 4.69) is 4.98 Å². The number of hydrogen-bond donors (Lipinski definition) is 0. The average Bonchev–Trinajstić information content (AvgIpc) is 3.13. The van der Waals surface area contributed by atoms with Crippen LogP contribution in [0.4, 0.5) is 13.2 Å². The van der Waals surface area contributed by atoms with Crippen LogP contribution in [-0.4, -0.2) is 11.2 Å². The van der Waals surface area contributed by atoms with Crippen LogP contribution in [0.3, 0.4) is 0 Å². The zero-order valence-corrected chi connectivity index (χ0v) is 15.3. The lowest BCUT2D eigenvalue weighted by molar-refractivity contribution is -0.137. The van der Waals surface area contributed by atoms with Crippen molar-refractivity contribution < 1.29 is 22.6 Å². The first kappa shape index (κ1) is 18.6. The molecule has 3 nitrogen and oxygen atoms in total. The zero-order chi connectivity index (χ0) is 18.6. The highest BCUT2D eigenvalue weighted by Gasteiger charge is 2.30. The Bertz CT molecular complexity index is 867. The van der Waals surface area contributed by atoms with E-state index in [1.54, 1.807) is 23.5 Å². The van der Waals surface area contributed by atoms with Gasteiger partial charge in [0.2, 0.25) is 11.8 Å². The first-order chi connectivity index (χ1) is 12.4. The quantitative estimate of drug-likeness (QED) is 0.460. The molecule has 0 aliphatic heterocycles. The van der Waals surface area contributed by atoms with Crippen LogP contribution in [0.5, 0.6) is 17.5 Å². The van der Waals surface area contributed by atoms with E-state index in [1.165, 1.54) is 23.9 Å². The van der Waals surface area contributed by atoms with E-state index in [1.807, 2.05) is 23.1 Å². The Hall–Kier alpha value is -2.19. The maximum atomic E-state index is 12.8. The Kier molecular flexibility index (Phi) is 5.73. The Labute approximate surface area is 156 Å². The van der Waals surface area contributed by atoms with E-state index >= 15 is 0 Å². The van der Waals surface area contributed by atoms with E-state index in [-0.39, 0.29) is 11.6 Å². The van der Waals surface area contributed by atoms with Crippen molar-refractivity contribution in [1.82, 2.24) is 4.98 Å². The molecule has 0 bridgehead atoms. The number of aromatic nitrogens is 1. The van der Waals surface area contributed by atoms with Crippen molar-refractivity contribution in [2.45, 2.75) is 17.7 Å². The molecule has 8 heteroatoms. The standard InChI is InChI=1S/C18H14F3NO2S2/c1-25-15-8-16(23-10-12-5-6-26-11-12)22-17(9-15)24-14-4-2-3-13(7-14)18(19,20)21/h2-9,11H,10H2,1H3. The molecule has 0 spiro atoms. The Morgan fingerprint density at radius 1 is 1.12 bits per heavy atom. The highest BCUT2D eigenvalue weighted by molar-refractivity contribution is 7.98. The van der Waals surface area contributed by atoms with Gasteiger partial charge in [0, 0.05) is 22.6 Å². The molecule has 0 aliphatic rings. The normalized spacial score (nSPS) is 11.4. The van der Waals surface area contributed by atoms with Gasteiger partial charge in [-0.3, -0.25) is 0 Å². The molecule has 0 atom stereocenters. The molecule has 0 unspecified atom stereocenters. The van der Waals surface area contributed by atoms with Crippen LogP contribution in [-0.2, 0) is 12.8 Å². The number of pyridine rings is 1. The minimum Gasteiger partial charge on any atom is -0.473 e. The van der Waals surface area contributed by atoms with E-state index in [9.17, 15) is 13.2 Å². The third-order valence-electron chi connectivity index (χ3n) is 3.34. The number of benzene rings is 1. The number of thioether (sulfide) groups is 1. The smallest absolute Gasteiger partial charge is 0.416 e. The fourth-order valence-corrected chi connectivity index (χ4v) is 3.18. The number of rotatable bonds is 6. The first-order valence-corrected chi connectivity index (χ1v) is 9.66. The molecule has 0 saturated carbocycles. The summed E-state index contributed by atoms with van der Waals surface area (Å²) in [7, 11) is 0. The summed E-state index contributed by atoms with van der Waals surface area (Å²) in [6, 6.07) is 10.0. The summed E-state index contributed by atoms with van der Waals surface area (Å²) in [6.07, 6.45) is -2.55. The zero-order valence-electron chi connectivity index (χ0n) is 13.6. The van der Waals surface area contributed by atoms with Gasteiger partial charge in [-0.1, -0.05) is 6.07 Å². The van der Waals surface area contributed by atoms with Gasteiger partial charge in [0.05, 0.1) is 5.56 Å². The van der Waals surface area contributed by atoms with Gasteiger partial charge in [0.1, 0.15) is 12.4 Å². The fraction of sp³-hybridized carbons (Fsp3) is 0.167. The third kappa shape index (κ3) is 4.92. The highest BCUT2D eigenvalue weighted by atomic mass is 32.2. The van der Waals surface area contributed by atoms with Gasteiger partial charge in [-0.25, -0.2) is 0 Å². The second kappa shape index (κ2) is 8.01. The van der Waals surface area contributed by atoms with Crippen molar-refractivity contribution in [2.24, 2.45) is 0 Å². The number of alkyl halides is 3. The van der Waals surface area contributed by atoms with Crippen molar-refractivity contribution >= 4 is 23.1 Å². The number of halogens is 3. The fourth-order valence-electron chi connectivity index (χ4n) is 2.09. The molecule has 0 radical (unpaired) electrons. The molecule has 2 heterocycles. The van der Waals surface area contributed by atoms with Crippen LogP contribution >= 0.6 is 23.1 Å². The molecule has 136 valence electrons. The molecule has 0 fully saturated rings. The minimum absolute atomic E-state index is 0.0642. The van der Waals surface area contributed by atoms with Gasteiger partial charge in [-0.05, 0) is 41.3 Å². The highest BCUT2D eigenvalue weighted by Crippen LogP contribution is 2.33. The van der Waals surface area contributed by atoms with Crippen molar-refractivity contribution in [3.05, 3.63) is 64.4 Å². The van der Waals surface area contributed by atoms with Gasteiger partial charge in [0.25, 0.3) is 0 Å². The van der Waals surface area contributed by atoms with Crippen LogP contribution in [0.15, 0.2) is 58.1 Å². The van der Waals surface area contributed by atoms with Gasteiger partial charge in [-0.15, -0.1) is 11.8 Å². The monoisotopic (exact) mass is 397 g/mol. The summed E-state index contributed by atoms with van der Waals surface area (Å²) in [5.74, 6) is 0.593. The Balaban J connectivity index is 1.79. The maximum absolute atomic E-state index is 12.8. The molecule has 26 heavy (non-hydrogen) atoms. The van der Waals surface area contributed by atoms with Crippen molar-refractivity contribution in [1.29, 1.82) is 0 Å². The first-order valence-electron chi connectivity index (χ1n) is 7.49. The summed E-state index contributed by atoms with van der Waals surface area (Å²) in [6.45, 7) is 0.358. The van der Waals surface area contributed by atoms with E-state index in [0.29, 0.717) is 12.5 Å². The molecule has 1 aromatic carbocycles.